The lowest BCUT2D eigenvalue weighted by Gasteiger charge is -2.13. The van der Waals surface area contributed by atoms with Crippen molar-refractivity contribution in [1.82, 2.24) is 20.6 Å². The summed E-state index contributed by atoms with van der Waals surface area (Å²) in [6, 6.07) is 4.40. The predicted octanol–water partition coefficient (Wildman–Crippen LogP) is 3.59. The average molecular weight is 436 g/mol. The van der Waals surface area contributed by atoms with E-state index >= 15 is 0 Å². The molecule has 0 aliphatic carbocycles. The molecule has 11 heteroatoms. The van der Waals surface area contributed by atoms with Gasteiger partial charge in [0.1, 0.15) is 16.8 Å². The first kappa shape index (κ1) is 22.0. The zero-order valence-corrected chi connectivity index (χ0v) is 16.4. The van der Waals surface area contributed by atoms with E-state index in [1.807, 2.05) is 6.07 Å². The van der Waals surface area contributed by atoms with E-state index in [1.54, 1.807) is 19.3 Å². The standard InChI is InChI=1S/C17H18Cl2F3N5O/c1-23-16(24-5-4-11-2-3-14(19)26-9-11)25-6-7-28-15-13(18)8-12(10-27-15)17(20,21)22/h2-3,8-10H,4-7H2,1H3,(H2,23,24,25). The molecule has 0 saturated carbocycles. The van der Waals surface area contributed by atoms with Crippen molar-refractivity contribution in [1.29, 1.82) is 0 Å². The number of nitrogens with zero attached hydrogens (tertiary/aromatic N) is 3. The Labute approximate surface area is 170 Å². The summed E-state index contributed by atoms with van der Waals surface area (Å²) < 4.78 is 43.1. The minimum absolute atomic E-state index is 0.0605. The number of nitrogens with one attached hydrogen (secondary N) is 2. The maximum Gasteiger partial charge on any atom is 0.417 e. The maximum atomic E-state index is 12.6. The highest BCUT2D eigenvalue weighted by Crippen LogP contribution is 2.32. The number of ether oxygens (including phenoxy) is 1. The number of aromatic nitrogens is 2. The van der Waals surface area contributed by atoms with Gasteiger partial charge in [0.25, 0.3) is 0 Å². The summed E-state index contributed by atoms with van der Waals surface area (Å²) in [4.78, 5) is 11.7. The molecule has 0 aromatic carbocycles. The average Bonchev–Trinajstić information content (AvgIpc) is 2.65. The Morgan fingerprint density at radius 1 is 1.14 bits per heavy atom. The van der Waals surface area contributed by atoms with Gasteiger partial charge in [-0.25, -0.2) is 9.97 Å². The normalized spacial score (nSPS) is 12.0. The van der Waals surface area contributed by atoms with E-state index in [4.69, 9.17) is 27.9 Å². The lowest BCUT2D eigenvalue weighted by molar-refractivity contribution is -0.137. The van der Waals surface area contributed by atoms with Gasteiger partial charge in [-0.2, -0.15) is 13.2 Å². The van der Waals surface area contributed by atoms with E-state index in [1.165, 1.54) is 0 Å². The molecule has 0 bridgehead atoms. The molecule has 0 spiro atoms. The maximum absolute atomic E-state index is 12.6. The molecule has 0 saturated heterocycles. The molecular weight excluding hydrogens is 418 g/mol. The smallest absolute Gasteiger partial charge is 0.417 e. The van der Waals surface area contributed by atoms with Crippen molar-refractivity contribution in [3.63, 3.8) is 0 Å². The molecule has 28 heavy (non-hydrogen) atoms. The molecule has 2 rings (SSSR count). The summed E-state index contributed by atoms with van der Waals surface area (Å²) in [6.07, 6.45) is -1.39. The van der Waals surface area contributed by atoms with Crippen LogP contribution in [0.4, 0.5) is 13.2 Å². The lowest BCUT2D eigenvalue weighted by atomic mass is 10.2. The lowest BCUT2D eigenvalue weighted by Crippen LogP contribution is -2.40. The quantitative estimate of drug-likeness (QED) is 0.301. The van der Waals surface area contributed by atoms with Crippen molar-refractivity contribution in [2.75, 3.05) is 26.7 Å². The van der Waals surface area contributed by atoms with Crippen LogP contribution < -0.4 is 15.4 Å². The summed E-state index contributed by atoms with van der Waals surface area (Å²) in [6.45, 7) is 1.11. The second kappa shape index (κ2) is 10.3. The van der Waals surface area contributed by atoms with Gasteiger partial charge in [0.15, 0.2) is 5.96 Å². The molecule has 2 heterocycles. The van der Waals surface area contributed by atoms with Gasteiger partial charge < -0.3 is 15.4 Å². The summed E-state index contributed by atoms with van der Waals surface area (Å²) in [5.74, 6) is 0.492. The SMILES string of the molecule is CN=C(NCCOc1ncc(C(F)(F)F)cc1Cl)NCCc1ccc(Cl)nc1. The Kier molecular flexibility index (Phi) is 8.13. The first-order chi connectivity index (χ1) is 13.3. The van der Waals surface area contributed by atoms with E-state index in [9.17, 15) is 13.2 Å². The Morgan fingerprint density at radius 2 is 1.89 bits per heavy atom. The first-order valence-electron chi connectivity index (χ1n) is 8.20. The Balaban J connectivity index is 1.72. The van der Waals surface area contributed by atoms with Crippen LogP contribution in [-0.4, -0.2) is 42.7 Å². The number of alkyl halides is 3. The van der Waals surface area contributed by atoms with E-state index in [2.05, 4.69) is 25.6 Å². The van der Waals surface area contributed by atoms with Gasteiger partial charge in [-0.15, -0.1) is 0 Å². The van der Waals surface area contributed by atoms with Crippen molar-refractivity contribution in [2.45, 2.75) is 12.6 Å². The summed E-state index contributed by atoms with van der Waals surface area (Å²) >= 11 is 11.5. The fraction of sp³-hybridized carbons (Fsp3) is 0.353. The van der Waals surface area contributed by atoms with E-state index in [0.29, 0.717) is 30.4 Å². The number of rotatable bonds is 7. The van der Waals surface area contributed by atoms with Crippen molar-refractivity contribution in [2.24, 2.45) is 4.99 Å². The molecule has 0 aliphatic heterocycles. The van der Waals surface area contributed by atoms with Crippen LogP contribution in [0.2, 0.25) is 10.2 Å². The zero-order valence-electron chi connectivity index (χ0n) is 14.9. The van der Waals surface area contributed by atoms with Crippen LogP contribution in [-0.2, 0) is 12.6 Å². The largest absolute Gasteiger partial charge is 0.475 e. The van der Waals surface area contributed by atoms with Crippen LogP contribution in [0, 0.1) is 0 Å². The molecule has 0 unspecified atom stereocenters. The number of guanidine groups is 1. The summed E-state index contributed by atoms with van der Waals surface area (Å²) in [7, 11) is 1.62. The van der Waals surface area contributed by atoms with Gasteiger partial charge in [-0.3, -0.25) is 4.99 Å². The number of pyridine rings is 2. The highest BCUT2D eigenvalue weighted by atomic mass is 35.5. The second-order valence-electron chi connectivity index (χ2n) is 5.52. The van der Waals surface area contributed by atoms with Crippen LogP contribution in [0.5, 0.6) is 5.88 Å². The van der Waals surface area contributed by atoms with Gasteiger partial charge in [0, 0.05) is 26.0 Å². The van der Waals surface area contributed by atoms with Crippen LogP contribution in [0.15, 0.2) is 35.6 Å². The molecule has 2 N–H and O–H groups in total. The van der Waals surface area contributed by atoms with Gasteiger partial charge in [-0.1, -0.05) is 29.3 Å². The van der Waals surface area contributed by atoms with Gasteiger partial charge >= 0.3 is 6.18 Å². The van der Waals surface area contributed by atoms with Crippen LogP contribution in [0.25, 0.3) is 0 Å². The molecule has 0 aliphatic rings. The van der Waals surface area contributed by atoms with Crippen molar-refractivity contribution >= 4 is 29.2 Å². The van der Waals surface area contributed by atoms with Crippen molar-refractivity contribution < 1.29 is 17.9 Å². The molecular formula is C17H18Cl2F3N5O. The molecule has 0 amide bonds. The van der Waals surface area contributed by atoms with Crippen LogP contribution in [0.3, 0.4) is 0 Å². The molecule has 2 aromatic rings. The third-order valence-corrected chi connectivity index (χ3v) is 3.98. The monoisotopic (exact) mass is 435 g/mol. The third-order valence-electron chi connectivity index (χ3n) is 3.49. The van der Waals surface area contributed by atoms with E-state index < -0.39 is 11.7 Å². The Morgan fingerprint density at radius 3 is 2.50 bits per heavy atom. The number of hydrogen-bond donors (Lipinski definition) is 2. The predicted molar refractivity (Wildman–Crippen MR) is 102 cm³/mol. The van der Waals surface area contributed by atoms with E-state index in [0.717, 1.165) is 18.1 Å². The minimum Gasteiger partial charge on any atom is -0.475 e. The van der Waals surface area contributed by atoms with Crippen molar-refractivity contribution in [3.05, 3.63) is 51.9 Å². The fourth-order valence-electron chi connectivity index (χ4n) is 2.10. The molecule has 6 nitrogen and oxygen atoms in total. The number of hydrogen-bond acceptors (Lipinski definition) is 4. The van der Waals surface area contributed by atoms with Gasteiger partial charge in [0.05, 0.1) is 12.1 Å². The minimum atomic E-state index is -4.50. The van der Waals surface area contributed by atoms with Gasteiger partial charge in [0.2, 0.25) is 5.88 Å². The van der Waals surface area contributed by atoms with Crippen molar-refractivity contribution in [3.8, 4) is 5.88 Å². The van der Waals surface area contributed by atoms with Crippen LogP contribution in [0.1, 0.15) is 11.1 Å². The third kappa shape index (κ3) is 7.05. The second-order valence-corrected chi connectivity index (χ2v) is 6.32. The topological polar surface area (TPSA) is 71.4 Å². The van der Waals surface area contributed by atoms with Gasteiger partial charge in [-0.05, 0) is 24.1 Å². The Bertz CT molecular complexity index is 800. The summed E-state index contributed by atoms with van der Waals surface area (Å²) in [5, 5.41) is 6.38. The summed E-state index contributed by atoms with van der Waals surface area (Å²) in [5.41, 5.74) is 0.0992. The van der Waals surface area contributed by atoms with E-state index in [-0.39, 0.29) is 17.5 Å². The molecule has 152 valence electrons. The number of aliphatic imine (C=N–C) groups is 1. The highest BCUT2D eigenvalue weighted by molar-refractivity contribution is 6.31. The molecule has 0 radical (unpaired) electrons. The number of halogens is 5. The highest BCUT2D eigenvalue weighted by Gasteiger charge is 2.31. The fourth-order valence-corrected chi connectivity index (χ4v) is 2.44. The Hall–Kier alpha value is -2.26. The zero-order chi connectivity index (χ0) is 20.6. The molecule has 2 aromatic heterocycles. The van der Waals surface area contributed by atoms with Crippen LogP contribution >= 0.6 is 23.2 Å². The first-order valence-corrected chi connectivity index (χ1v) is 8.95. The molecule has 0 fully saturated rings. The molecule has 0 atom stereocenters.